The molecule has 2 N–H and O–H groups in total. The van der Waals surface area contributed by atoms with Crippen LogP contribution in [-0.2, 0) is 18.3 Å². The van der Waals surface area contributed by atoms with Gasteiger partial charge in [0, 0.05) is 38.6 Å². The van der Waals surface area contributed by atoms with Crippen LogP contribution in [-0.4, -0.2) is 42.1 Å². The smallest absolute Gasteiger partial charge is 0.0841 e. The quantitative estimate of drug-likeness (QED) is 0.847. The van der Waals surface area contributed by atoms with E-state index in [1.54, 1.807) is 0 Å². The fourth-order valence-corrected chi connectivity index (χ4v) is 2.52. The molecule has 0 spiro atoms. The first-order chi connectivity index (χ1) is 9.34. The Balaban J connectivity index is 1.62. The number of aromatic nitrogens is 2. The molecule has 5 nitrogen and oxygen atoms in total. The second kappa shape index (κ2) is 5.69. The van der Waals surface area contributed by atoms with E-state index in [4.69, 9.17) is 4.74 Å². The van der Waals surface area contributed by atoms with Crippen molar-refractivity contribution in [1.82, 2.24) is 20.4 Å². The van der Waals surface area contributed by atoms with Crippen molar-refractivity contribution in [2.24, 2.45) is 7.05 Å². The number of hydrogen-bond acceptors (Lipinski definition) is 4. The molecular weight excluding hydrogens is 240 g/mol. The van der Waals surface area contributed by atoms with Crippen LogP contribution in [0, 0.1) is 0 Å². The van der Waals surface area contributed by atoms with Crippen LogP contribution < -0.4 is 10.6 Å². The van der Waals surface area contributed by atoms with Gasteiger partial charge in [-0.05, 0) is 6.07 Å². The van der Waals surface area contributed by atoms with Crippen molar-refractivity contribution in [3.63, 3.8) is 0 Å². The molecule has 0 amide bonds. The zero-order valence-electron chi connectivity index (χ0n) is 11.2. The number of hydrogen-bond donors (Lipinski definition) is 2. The molecule has 1 saturated heterocycles. The number of aryl methyl sites for hydroxylation is 1. The van der Waals surface area contributed by atoms with Gasteiger partial charge >= 0.3 is 0 Å². The number of ether oxygens (including phenoxy) is 1. The Labute approximate surface area is 112 Å². The average molecular weight is 260 g/mol. The van der Waals surface area contributed by atoms with Crippen LogP contribution in [0.15, 0.2) is 24.3 Å². The Kier molecular flexibility index (Phi) is 3.77. The fourth-order valence-electron chi connectivity index (χ4n) is 2.52. The first kappa shape index (κ1) is 12.6. The average Bonchev–Trinajstić information content (AvgIpc) is 2.78. The highest BCUT2D eigenvalue weighted by molar-refractivity contribution is 5.81. The van der Waals surface area contributed by atoms with E-state index < -0.39 is 0 Å². The number of benzene rings is 1. The van der Waals surface area contributed by atoms with E-state index in [1.165, 1.54) is 10.9 Å². The van der Waals surface area contributed by atoms with Gasteiger partial charge < -0.3 is 15.4 Å². The maximum Gasteiger partial charge on any atom is 0.0841 e. The van der Waals surface area contributed by atoms with E-state index in [1.807, 2.05) is 17.8 Å². The zero-order chi connectivity index (χ0) is 13.1. The summed E-state index contributed by atoms with van der Waals surface area (Å²) in [5.74, 6) is 0. The summed E-state index contributed by atoms with van der Waals surface area (Å²) < 4.78 is 7.59. The third kappa shape index (κ3) is 2.78. The topological polar surface area (TPSA) is 51.1 Å². The van der Waals surface area contributed by atoms with Gasteiger partial charge in [0.05, 0.1) is 23.9 Å². The summed E-state index contributed by atoms with van der Waals surface area (Å²) >= 11 is 0. The Morgan fingerprint density at radius 2 is 2.37 bits per heavy atom. The molecule has 0 bridgehead atoms. The van der Waals surface area contributed by atoms with Crippen LogP contribution in [0.3, 0.4) is 0 Å². The zero-order valence-corrected chi connectivity index (χ0v) is 11.2. The lowest BCUT2D eigenvalue weighted by atomic mass is 10.2. The predicted molar refractivity (Wildman–Crippen MR) is 75.0 cm³/mol. The van der Waals surface area contributed by atoms with Gasteiger partial charge in [0.1, 0.15) is 0 Å². The fraction of sp³-hybridized carbons (Fsp3) is 0.500. The van der Waals surface area contributed by atoms with Crippen molar-refractivity contribution in [3.8, 4) is 0 Å². The van der Waals surface area contributed by atoms with E-state index in [9.17, 15) is 0 Å². The highest BCUT2D eigenvalue weighted by Crippen LogP contribution is 2.16. The first-order valence-corrected chi connectivity index (χ1v) is 6.78. The number of morpholine rings is 1. The summed E-state index contributed by atoms with van der Waals surface area (Å²) in [5.41, 5.74) is 2.27. The molecular formula is C14H20N4O. The standard InChI is InChI=1S/C14H20N4O/c1-18-14-5-3-2-4-12(14)13(17-18)10-16-9-11-8-15-6-7-19-11/h2-5,11,15-16H,6-10H2,1H3. The monoisotopic (exact) mass is 260 g/mol. The van der Waals surface area contributed by atoms with Gasteiger partial charge in [0.2, 0.25) is 0 Å². The van der Waals surface area contributed by atoms with E-state index >= 15 is 0 Å². The van der Waals surface area contributed by atoms with Crippen LogP contribution in [0.2, 0.25) is 0 Å². The lowest BCUT2D eigenvalue weighted by molar-refractivity contribution is 0.0290. The van der Waals surface area contributed by atoms with Gasteiger partial charge in [-0.15, -0.1) is 0 Å². The normalized spacial score (nSPS) is 19.9. The summed E-state index contributed by atoms with van der Waals surface area (Å²) in [6.45, 7) is 4.33. The summed E-state index contributed by atoms with van der Waals surface area (Å²) in [6.07, 6.45) is 0.267. The van der Waals surface area contributed by atoms with Crippen molar-refractivity contribution in [1.29, 1.82) is 0 Å². The maximum atomic E-state index is 5.66. The number of para-hydroxylation sites is 1. The third-order valence-corrected chi connectivity index (χ3v) is 3.50. The van der Waals surface area contributed by atoms with E-state index in [2.05, 4.69) is 33.9 Å². The molecule has 1 fully saturated rings. The first-order valence-electron chi connectivity index (χ1n) is 6.78. The minimum absolute atomic E-state index is 0.267. The molecule has 2 aromatic rings. The third-order valence-electron chi connectivity index (χ3n) is 3.50. The molecule has 1 atom stereocenters. The molecule has 1 aromatic heterocycles. The van der Waals surface area contributed by atoms with Crippen LogP contribution in [0.4, 0.5) is 0 Å². The summed E-state index contributed by atoms with van der Waals surface area (Å²) in [7, 11) is 1.99. The maximum absolute atomic E-state index is 5.66. The van der Waals surface area contributed by atoms with Crippen LogP contribution in [0.1, 0.15) is 5.69 Å². The Morgan fingerprint density at radius 3 is 3.21 bits per heavy atom. The number of rotatable bonds is 4. The summed E-state index contributed by atoms with van der Waals surface area (Å²) in [5, 5.41) is 12.6. The van der Waals surface area contributed by atoms with E-state index in [0.717, 1.165) is 38.5 Å². The SMILES string of the molecule is Cn1nc(CNCC2CNCCO2)c2ccccc21. The Morgan fingerprint density at radius 1 is 1.47 bits per heavy atom. The highest BCUT2D eigenvalue weighted by Gasteiger charge is 2.13. The summed E-state index contributed by atoms with van der Waals surface area (Å²) in [6, 6.07) is 8.32. The minimum Gasteiger partial charge on any atom is -0.374 e. The predicted octanol–water partition coefficient (Wildman–Crippen LogP) is 0.651. The van der Waals surface area contributed by atoms with Gasteiger partial charge in [-0.1, -0.05) is 18.2 Å². The Hall–Kier alpha value is -1.43. The van der Waals surface area contributed by atoms with Gasteiger partial charge in [-0.3, -0.25) is 4.68 Å². The number of fused-ring (bicyclic) bond motifs is 1. The number of nitrogens with zero attached hydrogens (tertiary/aromatic N) is 2. The molecule has 2 heterocycles. The van der Waals surface area contributed by atoms with Crippen LogP contribution >= 0.6 is 0 Å². The molecule has 0 saturated carbocycles. The highest BCUT2D eigenvalue weighted by atomic mass is 16.5. The van der Waals surface area contributed by atoms with Crippen molar-refractivity contribution < 1.29 is 4.74 Å². The molecule has 1 aliphatic heterocycles. The lowest BCUT2D eigenvalue weighted by Gasteiger charge is -2.23. The van der Waals surface area contributed by atoms with Crippen molar-refractivity contribution in [2.45, 2.75) is 12.6 Å². The second-order valence-electron chi connectivity index (χ2n) is 4.92. The van der Waals surface area contributed by atoms with Crippen molar-refractivity contribution in [3.05, 3.63) is 30.0 Å². The van der Waals surface area contributed by atoms with Gasteiger partial charge in [0.25, 0.3) is 0 Å². The minimum atomic E-state index is 0.267. The lowest BCUT2D eigenvalue weighted by Crippen LogP contribution is -2.43. The largest absolute Gasteiger partial charge is 0.374 e. The van der Waals surface area contributed by atoms with E-state index in [-0.39, 0.29) is 6.10 Å². The Bertz CT molecular complexity index is 545. The van der Waals surface area contributed by atoms with E-state index in [0.29, 0.717) is 0 Å². The van der Waals surface area contributed by atoms with Crippen molar-refractivity contribution in [2.75, 3.05) is 26.2 Å². The second-order valence-corrected chi connectivity index (χ2v) is 4.92. The van der Waals surface area contributed by atoms with Crippen LogP contribution in [0.5, 0.6) is 0 Å². The van der Waals surface area contributed by atoms with Gasteiger partial charge in [-0.25, -0.2) is 0 Å². The summed E-state index contributed by atoms with van der Waals surface area (Å²) in [4.78, 5) is 0. The van der Waals surface area contributed by atoms with Crippen LogP contribution in [0.25, 0.3) is 10.9 Å². The molecule has 3 rings (SSSR count). The van der Waals surface area contributed by atoms with Gasteiger partial charge in [0.15, 0.2) is 0 Å². The van der Waals surface area contributed by atoms with Crippen molar-refractivity contribution >= 4 is 10.9 Å². The van der Waals surface area contributed by atoms with Gasteiger partial charge in [-0.2, -0.15) is 5.10 Å². The molecule has 1 aliphatic rings. The molecule has 19 heavy (non-hydrogen) atoms. The number of nitrogens with one attached hydrogen (secondary N) is 2. The molecule has 5 heteroatoms. The molecule has 1 unspecified atom stereocenters. The molecule has 1 aromatic carbocycles. The molecule has 0 aliphatic carbocycles. The molecule has 0 radical (unpaired) electrons. The molecule has 102 valence electrons.